The molecule has 8 heteroatoms. The third kappa shape index (κ3) is 5.34. The monoisotopic (exact) mass is 393 g/mol. The quantitative estimate of drug-likeness (QED) is 0.725. The predicted octanol–water partition coefficient (Wildman–Crippen LogP) is 3.12. The molecule has 2 N–H and O–H groups in total. The lowest BCUT2D eigenvalue weighted by atomic mass is 9.77. The van der Waals surface area contributed by atoms with Crippen molar-refractivity contribution in [2.75, 3.05) is 6.54 Å². The van der Waals surface area contributed by atoms with Gasteiger partial charge in [0, 0.05) is 18.5 Å². The number of carboxylic acids is 1. The van der Waals surface area contributed by atoms with Gasteiger partial charge in [-0.1, -0.05) is 23.7 Å². The molecule has 0 aliphatic carbocycles. The van der Waals surface area contributed by atoms with E-state index in [1.165, 1.54) is 6.92 Å². The van der Waals surface area contributed by atoms with E-state index >= 15 is 0 Å². The van der Waals surface area contributed by atoms with Gasteiger partial charge in [-0.3, -0.25) is 9.59 Å². The molecule has 27 heavy (non-hydrogen) atoms. The van der Waals surface area contributed by atoms with Crippen molar-refractivity contribution in [3.63, 3.8) is 0 Å². The molecule has 1 heterocycles. The van der Waals surface area contributed by atoms with Crippen molar-refractivity contribution in [2.45, 2.75) is 52.2 Å². The lowest BCUT2D eigenvalue weighted by Crippen LogP contribution is -2.41. The Morgan fingerprint density at radius 1 is 1.22 bits per heavy atom. The van der Waals surface area contributed by atoms with Crippen molar-refractivity contribution in [3.8, 4) is 0 Å². The zero-order valence-electron chi connectivity index (χ0n) is 16.3. The second-order valence-corrected chi connectivity index (χ2v) is 8.05. The number of amides is 1. The molecule has 0 bridgehead atoms. The Balaban J connectivity index is 2.37. The third-order valence-corrected chi connectivity index (χ3v) is 5.23. The van der Waals surface area contributed by atoms with Crippen LogP contribution in [0.2, 0.25) is 5.02 Å². The molecule has 0 spiro atoms. The fourth-order valence-electron chi connectivity index (χ4n) is 2.62. The average Bonchev–Trinajstić information content (AvgIpc) is 2.74. The zero-order chi connectivity index (χ0) is 20.4. The van der Waals surface area contributed by atoms with Crippen LogP contribution in [0.4, 0.5) is 0 Å². The second kappa shape index (κ2) is 8.04. The van der Waals surface area contributed by atoms with Crippen molar-refractivity contribution in [1.82, 2.24) is 5.32 Å². The highest BCUT2D eigenvalue weighted by Gasteiger charge is 2.52. The van der Waals surface area contributed by atoms with Gasteiger partial charge in [0.05, 0.1) is 17.6 Å². The van der Waals surface area contributed by atoms with E-state index in [-0.39, 0.29) is 18.9 Å². The number of carboxylic acid groups (broad SMARTS) is 1. The van der Waals surface area contributed by atoms with Gasteiger partial charge in [0.1, 0.15) is 0 Å². The van der Waals surface area contributed by atoms with Crippen molar-refractivity contribution in [1.29, 1.82) is 0 Å². The largest absolute Gasteiger partial charge is 0.492 e. The number of nitrogens with one attached hydrogen (secondary N) is 1. The Hall–Kier alpha value is -1.83. The molecule has 1 amide bonds. The summed E-state index contributed by atoms with van der Waals surface area (Å²) in [7, 11) is -0.625. The first kappa shape index (κ1) is 21.5. The molecule has 1 aliphatic rings. The van der Waals surface area contributed by atoms with Crippen LogP contribution in [-0.2, 0) is 25.3 Å². The SMILES string of the molecule is CC(=O)NCC(=Cc1ccc(Cl)c(CC(=O)O)c1)B1OC(C)(C)C(C)(C)O1. The highest BCUT2D eigenvalue weighted by molar-refractivity contribution is 6.56. The van der Waals surface area contributed by atoms with Gasteiger partial charge in [-0.15, -0.1) is 0 Å². The van der Waals surface area contributed by atoms with Crippen LogP contribution in [0.15, 0.2) is 23.7 Å². The molecular formula is C19H25BClNO5. The van der Waals surface area contributed by atoms with Crippen LogP contribution in [0.3, 0.4) is 0 Å². The first-order chi connectivity index (χ1) is 12.4. The molecule has 0 radical (unpaired) electrons. The Labute approximate surface area is 165 Å². The normalized spacial score (nSPS) is 18.4. The second-order valence-electron chi connectivity index (χ2n) is 7.64. The van der Waals surface area contributed by atoms with Crippen molar-refractivity contribution >= 4 is 36.7 Å². The average molecular weight is 394 g/mol. The maximum atomic E-state index is 11.4. The fraction of sp³-hybridized carbons (Fsp3) is 0.474. The molecule has 6 nitrogen and oxygen atoms in total. The summed E-state index contributed by atoms with van der Waals surface area (Å²) in [4.78, 5) is 22.4. The molecule has 0 atom stereocenters. The molecule has 1 saturated heterocycles. The summed E-state index contributed by atoms with van der Waals surface area (Å²) >= 11 is 6.09. The van der Waals surface area contributed by atoms with E-state index in [9.17, 15) is 9.59 Å². The smallest absolute Gasteiger partial charge is 0.481 e. The van der Waals surface area contributed by atoms with E-state index < -0.39 is 24.3 Å². The minimum atomic E-state index is -0.956. The number of carbonyl (C=O) groups excluding carboxylic acids is 1. The Morgan fingerprint density at radius 3 is 2.33 bits per heavy atom. The van der Waals surface area contributed by atoms with Crippen molar-refractivity contribution in [3.05, 3.63) is 39.8 Å². The van der Waals surface area contributed by atoms with E-state index in [4.69, 9.17) is 26.0 Å². The van der Waals surface area contributed by atoms with Gasteiger partial charge < -0.3 is 19.7 Å². The van der Waals surface area contributed by atoms with E-state index in [0.29, 0.717) is 10.6 Å². The first-order valence-corrected chi connectivity index (χ1v) is 9.10. The molecule has 146 valence electrons. The van der Waals surface area contributed by atoms with Gasteiger partial charge in [0.2, 0.25) is 5.91 Å². The topological polar surface area (TPSA) is 84.9 Å². The summed E-state index contributed by atoms with van der Waals surface area (Å²) in [6.07, 6.45) is 1.66. The third-order valence-electron chi connectivity index (χ3n) is 4.86. The predicted molar refractivity (Wildman–Crippen MR) is 106 cm³/mol. The molecule has 1 fully saturated rings. The minimum Gasteiger partial charge on any atom is -0.481 e. The highest BCUT2D eigenvalue weighted by atomic mass is 35.5. The van der Waals surface area contributed by atoms with Gasteiger partial charge in [-0.2, -0.15) is 0 Å². The molecule has 0 saturated carbocycles. The molecule has 1 aromatic rings. The van der Waals surface area contributed by atoms with E-state index in [0.717, 1.165) is 11.0 Å². The summed E-state index contributed by atoms with van der Waals surface area (Å²) in [5.74, 6) is -1.12. The highest BCUT2D eigenvalue weighted by Crippen LogP contribution is 2.38. The maximum Gasteiger partial charge on any atom is 0.492 e. The summed E-state index contributed by atoms with van der Waals surface area (Å²) in [6.45, 7) is 9.51. The lowest BCUT2D eigenvalue weighted by molar-refractivity contribution is -0.136. The zero-order valence-corrected chi connectivity index (χ0v) is 17.0. The van der Waals surface area contributed by atoms with Gasteiger partial charge in [0.25, 0.3) is 0 Å². The summed E-state index contributed by atoms with van der Waals surface area (Å²) in [5.41, 5.74) is 0.979. The molecule has 2 rings (SSSR count). The van der Waals surface area contributed by atoms with E-state index in [1.807, 2.05) is 33.8 Å². The molecule has 1 aromatic carbocycles. The van der Waals surface area contributed by atoms with Gasteiger partial charge in [-0.05, 0) is 56.4 Å². The number of benzene rings is 1. The fourth-order valence-corrected chi connectivity index (χ4v) is 2.80. The number of halogens is 1. The summed E-state index contributed by atoms with van der Waals surface area (Å²) in [5, 5.41) is 12.2. The lowest BCUT2D eigenvalue weighted by Gasteiger charge is -2.32. The Bertz CT molecular complexity index is 759. The van der Waals surface area contributed by atoms with Crippen LogP contribution in [-0.4, -0.2) is 41.8 Å². The van der Waals surface area contributed by atoms with Crippen LogP contribution < -0.4 is 5.32 Å². The van der Waals surface area contributed by atoms with Crippen molar-refractivity contribution in [2.24, 2.45) is 0 Å². The Kier molecular flexibility index (Phi) is 6.40. The van der Waals surface area contributed by atoms with Crippen molar-refractivity contribution < 1.29 is 24.0 Å². The van der Waals surface area contributed by atoms with Gasteiger partial charge >= 0.3 is 13.1 Å². The number of carbonyl (C=O) groups is 2. The van der Waals surface area contributed by atoms with Crippen LogP contribution >= 0.6 is 11.6 Å². The number of rotatable bonds is 6. The maximum absolute atomic E-state index is 11.4. The van der Waals surface area contributed by atoms with Gasteiger partial charge in [-0.25, -0.2) is 0 Å². The standard InChI is InChI=1S/C19H25BClNO5/c1-12(23)22-11-15(20-26-18(2,3)19(4,5)27-20)9-13-6-7-16(21)14(8-13)10-17(24)25/h6-9H,10-11H2,1-5H3,(H,22,23)(H,24,25). The Morgan fingerprint density at radius 2 is 1.81 bits per heavy atom. The summed E-state index contributed by atoms with van der Waals surface area (Å²) in [6, 6.07) is 5.16. The van der Waals surface area contributed by atoms with Crippen LogP contribution in [0.5, 0.6) is 0 Å². The summed E-state index contributed by atoms with van der Waals surface area (Å²) < 4.78 is 12.2. The van der Waals surface area contributed by atoms with E-state index in [1.54, 1.807) is 18.2 Å². The van der Waals surface area contributed by atoms with Crippen LogP contribution in [0.25, 0.3) is 6.08 Å². The molecule has 0 unspecified atom stereocenters. The van der Waals surface area contributed by atoms with Crippen LogP contribution in [0.1, 0.15) is 45.7 Å². The molecular weight excluding hydrogens is 368 g/mol. The number of aliphatic carboxylic acids is 1. The molecule has 0 aromatic heterocycles. The number of hydrogen-bond donors (Lipinski definition) is 2. The van der Waals surface area contributed by atoms with E-state index in [2.05, 4.69) is 5.32 Å². The van der Waals surface area contributed by atoms with Gasteiger partial charge in [0.15, 0.2) is 0 Å². The number of hydrogen-bond acceptors (Lipinski definition) is 4. The molecule has 1 aliphatic heterocycles. The minimum absolute atomic E-state index is 0.167. The van der Waals surface area contributed by atoms with Crippen LogP contribution in [0, 0.1) is 0 Å². The first-order valence-electron chi connectivity index (χ1n) is 8.72.